The van der Waals surface area contributed by atoms with E-state index in [1.807, 2.05) is 0 Å². The van der Waals surface area contributed by atoms with Crippen molar-refractivity contribution in [3.05, 3.63) is 52.5 Å². The number of nitrogen functional groups attached to an aromatic ring is 1. The highest BCUT2D eigenvalue weighted by molar-refractivity contribution is 5.45. The summed E-state index contributed by atoms with van der Waals surface area (Å²) in [5.41, 5.74) is 5.66. The molecule has 0 amide bonds. The van der Waals surface area contributed by atoms with Gasteiger partial charge in [-0.05, 0) is 12.1 Å². The second-order valence-corrected chi connectivity index (χ2v) is 3.40. The van der Waals surface area contributed by atoms with E-state index in [1.54, 1.807) is 0 Å². The van der Waals surface area contributed by atoms with E-state index in [-0.39, 0.29) is 17.3 Å². The summed E-state index contributed by atoms with van der Waals surface area (Å²) < 4.78 is 18.5. The van der Waals surface area contributed by atoms with Crippen LogP contribution in [0, 0.1) is 15.9 Å². The molecule has 0 spiro atoms. The second kappa shape index (κ2) is 4.66. The lowest BCUT2D eigenvalue weighted by Crippen LogP contribution is -1.94. The number of benzene rings is 1. The van der Waals surface area contributed by atoms with Crippen molar-refractivity contribution in [1.29, 1.82) is 0 Å². The molecule has 0 radical (unpaired) electrons. The lowest BCUT2D eigenvalue weighted by molar-refractivity contribution is -0.385. The average Bonchev–Trinajstić information content (AvgIpc) is 2.34. The topological polar surface area (TPSA) is 91.3 Å². The molecule has 2 N–H and O–H groups in total. The summed E-state index contributed by atoms with van der Waals surface area (Å²) in [6.45, 7) is 0. The maximum atomic E-state index is 13.3. The van der Waals surface area contributed by atoms with Gasteiger partial charge in [-0.2, -0.15) is 0 Å². The van der Waals surface area contributed by atoms with Gasteiger partial charge in [0.05, 0.1) is 4.92 Å². The molecule has 7 heteroatoms. The number of pyridine rings is 1. The van der Waals surface area contributed by atoms with E-state index in [0.717, 1.165) is 12.3 Å². The molecule has 0 saturated carbocycles. The van der Waals surface area contributed by atoms with Crippen LogP contribution in [0.15, 0.2) is 36.5 Å². The zero-order valence-corrected chi connectivity index (χ0v) is 9.04. The highest BCUT2D eigenvalue weighted by Gasteiger charge is 2.09. The Bertz CT molecular complexity index is 587. The molecule has 0 aliphatic heterocycles. The van der Waals surface area contributed by atoms with E-state index in [0.29, 0.717) is 5.69 Å². The highest BCUT2D eigenvalue weighted by Crippen LogP contribution is 2.25. The van der Waals surface area contributed by atoms with Gasteiger partial charge in [0.1, 0.15) is 6.20 Å². The van der Waals surface area contributed by atoms with Gasteiger partial charge >= 0.3 is 0 Å². The molecule has 1 heterocycles. The molecule has 6 nitrogen and oxygen atoms in total. The Kier molecular flexibility index (Phi) is 3.05. The SMILES string of the molecule is Nc1ccc(F)c(Oc2ccc([N+](=O)[O-])cn2)c1. The molecule has 2 rings (SSSR count). The molecule has 0 aliphatic carbocycles. The summed E-state index contributed by atoms with van der Waals surface area (Å²) in [5, 5.41) is 10.4. The maximum absolute atomic E-state index is 13.3. The summed E-state index contributed by atoms with van der Waals surface area (Å²) in [6, 6.07) is 6.35. The number of nitrogens with two attached hydrogens (primary N) is 1. The number of hydrogen-bond acceptors (Lipinski definition) is 5. The number of anilines is 1. The standard InChI is InChI=1S/C11H8FN3O3/c12-9-3-1-7(13)5-10(9)18-11-4-2-8(6-14-11)15(16)17/h1-6H,13H2. The first-order chi connectivity index (χ1) is 8.56. The van der Waals surface area contributed by atoms with Crippen LogP contribution >= 0.6 is 0 Å². The van der Waals surface area contributed by atoms with Crippen LogP contribution in [-0.2, 0) is 0 Å². The van der Waals surface area contributed by atoms with Gasteiger partial charge in [-0.25, -0.2) is 9.37 Å². The summed E-state index contributed by atoms with van der Waals surface area (Å²) in [4.78, 5) is 13.5. The molecule has 0 unspecified atom stereocenters. The van der Waals surface area contributed by atoms with Crippen LogP contribution in [0.2, 0.25) is 0 Å². The quantitative estimate of drug-likeness (QED) is 0.512. The third kappa shape index (κ3) is 2.51. The Labute approximate surface area is 101 Å². The average molecular weight is 249 g/mol. The Morgan fingerprint density at radius 3 is 2.72 bits per heavy atom. The fourth-order valence-corrected chi connectivity index (χ4v) is 1.25. The Morgan fingerprint density at radius 2 is 2.11 bits per heavy atom. The van der Waals surface area contributed by atoms with Gasteiger partial charge in [-0.1, -0.05) is 0 Å². The summed E-state index contributed by atoms with van der Waals surface area (Å²) in [7, 11) is 0. The minimum Gasteiger partial charge on any atom is -0.436 e. The fourth-order valence-electron chi connectivity index (χ4n) is 1.25. The monoisotopic (exact) mass is 249 g/mol. The number of nitrogens with zero attached hydrogens (tertiary/aromatic N) is 2. The van der Waals surface area contributed by atoms with Gasteiger partial charge in [0.2, 0.25) is 5.88 Å². The van der Waals surface area contributed by atoms with Crippen molar-refractivity contribution in [3.8, 4) is 11.6 Å². The van der Waals surface area contributed by atoms with Gasteiger partial charge in [0.15, 0.2) is 11.6 Å². The van der Waals surface area contributed by atoms with E-state index in [4.69, 9.17) is 10.5 Å². The molecule has 0 saturated heterocycles. The summed E-state index contributed by atoms with van der Waals surface area (Å²) in [6.07, 6.45) is 1.03. The van der Waals surface area contributed by atoms with Gasteiger partial charge < -0.3 is 10.5 Å². The van der Waals surface area contributed by atoms with Crippen LogP contribution in [0.1, 0.15) is 0 Å². The molecule has 0 atom stereocenters. The lowest BCUT2D eigenvalue weighted by atomic mass is 10.3. The zero-order chi connectivity index (χ0) is 13.1. The first-order valence-electron chi connectivity index (χ1n) is 4.89. The van der Waals surface area contributed by atoms with Crippen LogP contribution in [0.4, 0.5) is 15.8 Å². The minimum atomic E-state index is -0.593. The first-order valence-corrected chi connectivity index (χ1v) is 4.89. The maximum Gasteiger partial charge on any atom is 0.287 e. The molecule has 0 aliphatic rings. The fraction of sp³-hybridized carbons (Fsp3) is 0. The molecule has 1 aromatic carbocycles. The smallest absolute Gasteiger partial charge is 0.287 e. The molecule has 1 aromatic heterocycles. The molecule has 92 valence electrons. The number of hydrogen-bond donors (Lipinski definition) is 1. The van der Waals surface area contributed by atoms with Crippen LogP contribution in [0.3, 0.4) is 0 Å². The van der Waals surface area contributed by atoms with Gasteiger partial charge in [0.25, 0.3) is 5.69 Å². The molecular weight excluding hydrogens is 241 g/mol. The van der Waals surface area contributed by atoms with Crippen molar-refractivity contribution < 1.29 is 14.1 Å². The van der Waals surface area contributed by atoms with E-state index in [2.05, 4.69) is 4.98 Å². The zero-order valence-electron chi connectivity index (χ0n) is 9.04. The van der Waals surface area contributed by atoms with Gasteiger partial charge in [0, 0.05) is 23.9 Å². The Balaban J connectivity index is 2.23. The Hall–Kier alpha value is -2.70. The van der Waals surface area contributed by atoms with Crippen LogP contribution in [-0.4, -0.2) is 9.91 Å². The molecule has 18 heavy (non-hydrogen) atoms. The third-order valence-corrected chi connectivity index (χ3v) is 2.10. The predicted molar refractivity (Wildman–Crippen MR) is 61.8 cm³/mol. The molecular formula is C11H8FN3O3. The lowest BCUT2D eigenvalue weighted by Gasteiger charge is -2.05. The number of ether oxygens (including phenoxy) is 1. The summed E-state index contributed by atoms with van der Waals surface area (Å²) in [5.74, 6) is -0.634. The van der Waals surface area contributed by atoms with Crippen molar-refractivity contribution in [2.75, 3.05) is 5.73 Å². The third-order valence-electron chi connectivity index (χ3n) is 2.10. The largest absolute Gasteiger partial charge is 0.436 e. The minimum absolute atomic E-state index is 0.0464. The van der Waals surface area contributed by atoms with E-state index in [1.165, 1.54) is 24.3 Å². The van der Waals surface area contributed by atoms with Crippen molar-refractivity contribution in [2.24, 2.45) is 0 Å². The first kappa shape index (κ1) is 11.8. The van der Waals surface area contributed by atoms with Crippen LogP contribution in [0.5, 0.6) is 11.6 Å². The molecule has 0 bridgehead atoms. The van der Waals surface area contributed by atoms with E-state index in [9.17, 15) is 14.5 Å². The van der Waals surface area contributed by atoms with Crippen molar-refractivity contribution in [2.45, 2.75) is 0 Å². The van der Waals surface area contributed by atoms with Crippen LogP contribution < -0.4 is 10.5 Å². The van der Waals surface area contributed by atoms with Gasteiger partial charge in [-0.3, -0.25) is 10.1 Å². The molecule has 2 aromatic rings. The van der Waals surface area contributed by atoms with E-state index >= 15 is 0 Å². The normalized spacial score (nSPS) is 10.1. The summed E-state index contributed by atoms with van der Waals surface area (Å²) >= 11 is 0. The Morgan fingerprint density at radius 1 is 1.33 bits per heavy atom. The van der Waals surface area contributed by atoms with E-state index < -0.39 is 10.7 Å². The van der Waals surface area contributed by atoms with Gasteiger partial charge in [-0.15, -0.1) is 0 Å². The number of aromatic nitrogens is 1. The molecule has 0 fully saturated rings. The number of nitro groups is 1. The predicted octanol–water partition coefficient (Wildman–Crippen LogP) is 2.50. The second-order valence-electron chi connectivity index (χ2n) is 3.40. The van der Waals surface area contributed by atoms with Crippen molar-refractivity contribution in [1.82, 2.24) is 4.98 Å². The number of rotatable bonds is 3. The number of halogens is 1. The highest BCUT2D eigenvalue weighted by atomic mass is 19.1. The van der Waals surface area contributed by atoms with Crippen LogP contribution in [0.25, 0.3) is 0 Å². The van der Waals surface area contributed by atoms with Crippen molar-refractivity contribution >= 4 is 11.4 Å². The van der Waals surface area contributed by atoms with Crippen molar-refractivity contribution in [3.63, 3.8) is 0 Å².